The Bertz CT molecular complexity index is 404. The first-order chi connectivity index (χ1) is 7.27. The van der Waals surface area contributed by atoms with Crippen molar-refractivity contribution in [3.63, 3.8) is 0 Å². The lowest BCUT2D eigenvalue weighted by atomic mass is 10.2. The number of aromatic nitrogens is 1. The van der Waals surface area contributed by atoms with E-state index in [-0.39, 0.29) is 0 Å². The number of oxazole rings is 1. The summed E-state index contributed by atoms with van der Waals surface area (Å²) in [6.45, 7) is 4.89. The van der Waals surface area contributed by atoms with E-state index in [1.54, 1.807) is 12.5 Å². The van der Waals surface area contributed by atoms with Crippen molar-refractivity contribution < 1.29 is 8.83 Å². The Morgan fingerprint density at radius 2 is 2.33 bits per heavy atom. The molecule has 4 nitrogen and oxygen atoms in total. The molecule has 15 heavy (non-hydrogen) atoms. The van der Waals surface area contributed by atoms with E-state index in [4.69, 9.17) is 8.83 Å². The van der Waals surface area contributed by atoms with Gasteiger partial charge in [-0.2, -0.15) is 0 Å². The van der Waals surface area contributed by atoms with Crippen molar-refractivity contribution in [1.82, 2.24) is 10.3 Å². The Morgan fingerprint density at radius 1 is 1.47 bits per heavy atom. The lowest BCUT2D eigenvalue weighted by Gasteiger charge is -2.05. The molecule has 0 fully saturated rings. The Balaban J connectivity index is 2.16. The Labute approximate surface area is 88.3 Å². The third-order valence-electron chi connectivity index (χ3n) is 2.10. The molecule has 0 aliphatic rings. The molecule has 0 atom stereocenters. The molecule has 0 spiro atoms. The molecule has 0 radical (unpaired) electrons. The highest BCUT2D eigenvalue weighted by Gasteiger charge is 2.11. The zero-order chi connectivity index (χ0) is 10.7. The lowest BCUT2D eigenvalue weighted by molar-refractivity contribution is 0.553. The van der Waals surface area contributed by atoms with E-state index in [1.165, 1.54) is 6.39 Å². The van der Waals surface area contributed by atoms with E-state index in [9.17, 15) is 0 Å². The summed E-state index contributed by atoms with van der Waals surface area (Å²) in [6, 6.07) is 2.29. The number of hydrogen-bond acceptors (Lipinski definition) is 4. The molecule has 2 aromatic rings. The van der Waals surface area contributed by atoms with Crippen LogP contribution >= 0.6 is 0 Å². The van der Waals surface area contributed by atoms with Gasteiger partial charge in [0.15, 0.2) is 12.2 Å². The van der Waals surface area contributed by atoms with Gasteiger partial charge in [0.2, 0.25) is 0 Å². The van der Waals surface area contributed by atoms with Gasteiger partial charge in [-0.3, -0.25) is 0 Å². The molecule has 0 saturated heterocycles. The van der Waals surface area contributed by atoms with Crippen molar-refractivity contribution in [3.05, 3.63) is 30.7 Å². The summed E-state index contributed by atoms with van der Waals surface area (Å²) in [5.41, 5.74) is 1.83. The van der Waals surface area contributed by atoms with Crippen LogP contribution < -0.4 is 5.32 Å². The predicted octanol–water partition coefficient (Wildman–Crippen LogP) is 2.43. The maximum Gasteiger partial charge on any atom is 0.181 e. The third-order valence-corrected chi connectivity index (χ3v) is 2.10. The molecule has 80 valence electrons. The van der Waals surface area contributed by atoms with Crippen LogP contribution in [0.4, 0.5) is 0 Å². The van der Waals surface area contributed by atoms with Crippen LogP contribution in [0.3, 0.4) is 0 Å². The van der Waals surface area contributed by atoms with Crippen molar-refractivity contribution >= 4 is 0 Å². The molecule has 0 aliphatic carbocycles. The number of nitrogens with zero attached hydrogens (tertiary/aromatic N) is 1. The summed E-state index contributed by atoms with van der Waals surface area (Å²) in [4.78, 5) is 4.17. The molecule has 4 heteroatoms. The highest BCUT2D eigenvalue weighted by atomic mass is 16.3. The molecule has 2 rings (SSSR count). The quantitative estimate of drug-likeness (QED) is 0.834. The highest BCUT2D eigenvalue weighted by molar-refractivity contribution is 5.57. The Morgan fingerprint density at radius 3 is 3.00 bits per heavy atom. The fourth-order valence-electron chi connectivity index (χ4n) is 1.32. The average Bonchev–Trinajstić information content (AvgIpc) is 2.85. The van der Waals surface area contributed by atoms with Gasteiger partial charge in [0.05, 0.1) is 11.8 Å². The third kappa shape index (κ3) is 2.27. The van der Waals surface area contributed by atoms with Gasteiger partial charge in [-0.1, -0.05) is 13.8 Å². The van der Waals surface area contributed by atoms with Gasteiger partial charge >= 0.3 is 0 Å². The smallest absolute Gasteiger partial charge is 0.181 e. The molecule has 2 heterocycles. The SMILES string of the molecule is CC(C)NCc1ncoc1-c1ccoc1. The number of furan rings is 1. The summed E-state index contributed by atoms with van der Waals surface area (Å²) in [7, 11) is 0. The van der Waals surface area contributed by atoms with Crippen LogP contribution in [0.25, 0.3) is 11.3 Å². The molecular formula is C11H14N2O2. The van der Waals surface area contributed by atoms with Gasteiger partial charge in [-0.05, 0) is 6.07 Å². The standard InChI is InChI=1S/C11H14N2O2/c1-8(2)12-5-10-11(15-7-13-10)9-3-4-14-6-9/h3-4,6-8,12H,5H2,1-2H3. The van der Waals surface area contributed by atoms with Crippen LogP contribution in [0.2, 0.25) is 0 Å². The zero-order valence-corrected chi connectivity index (χ0v) is 8.86. The number of rotatable bonds is 4. The molecule has 2 aromatic heterocycles. The second kappa shape index (κ2) is 4.31. The van der Waals surface area contributed by atoms with Gasteiger partial charge < -0.3 is 14.2 Å². The van der Waals surface area contributed by atoms with Gasteiger partial charge in [-0.25, -0.2) is 4.98 Å². The molecule has 0 bridgehead atoms. The molecular weight excluding hydrogens is 192 g/mol. The van der Waals surface area contributed by atoms with Gasteiger partial charge in [-0.15, -0.1) is 0 Å². The molecule has 1 N–H and O–H groups in total. The van der Waals surface area contributed by atoms with Crippen LogP contribution in [0.1, 0.15) is 19.5 Å². The van der Waals surface area contributed by atoms with E-state index in [1.807, 2.05) is 6.07 Å². The summed E-state index contributed by atoms with van der Waals surface area (Å²) in [5.74, 6) is 0.775. The van der Waals surface area contributed by atoms with Crippen molar-refractivity contribution in [2.45, 2.75) is 26.4 Å². The second-order valence-electron chi connectivity index (χ2n) is 3.68. The van der Waals surface area contributed by atoms with E-state index in [0.717, 1.165) is 17.0 Å². The van der Waals surface area contributed by atoms with E-state index in [0.29, 0.717) is 12.6 Å². The minimum atomic E-state index is 0.430. The maximum atomic E-state index is 5.33. The first kappa shape index (κ1) is 9.98. The average molecular weight is 206 g/mol. The van der Waals surface area contributed by atoms with Crippen LogP contribution in [0.15, 0.2) is 33.8 Å². The van der Waals surface area contributed by atoms with Gasteiger partial charge in [0.1, 0.15) is 12.0 Å². The largest absolute Gasteiger partial charge is 0.472 e. The monoisotopic (exact) mass is 206 g/mol. The van der Waals surface area contributed by atoms with Gasteiger partial charge in [0.25, 0.3) is 0 Å². The minimum absolute atomic E-state index is 0.430. The zero-order valence-electron chi connectivity index (χ0n) is 8.86. The van der Waals surface area contributed by atoms with Crippen LogP contribution in [0, 0.1) is 0 Å². The van der Waals surface area contributed by atoms with Crippen LogP contribution in [-0.4, -0.2) is 11.0 Å². The molecule has 0 aliphatic heterocycles. The summed E-state index contributed by atoms with van der Waals surface area (Å²) < 4.78 is 10.3. The van der Waals surface area contributed by atoms with E-state index >= 15 is 0 Å². The number of nitrogens with one attached hydrogen (secondary N) is 1. The second-order valence-corrected chi connectivity index (χ2v) is 3.68. The highest BCUT2D eigenvalue weighted by Crippen LogP contribution is 2.23. The first-order valence-corrected chi connectivity index (χ1v) is 4.95. The Hall–Kier alpha value is -1.55. The Kier molecular flexibility index (Phi) is 2.87. The van der Waals surface area contributed by atoms with E-state index in [2.05, 4.69) is 24.1 Å². The van der Waals surface area contributed by atoms with Crippen molar-refractivity contribution in [2.75, 3.05) is 0 Å². The lowest BCUT2D eigenvalue weighted by Crippen LogP contribution is -2.22. The fourth-order valence-corrected chi connectivity index (χ4v) is 1.32. The predicted molar refractivity (Wildman–Crippen MR) is 56.2 cm³/mol. The van der Waals surface area contributed by atoms with Crippen molar-refractivity contribution in [1.29, 1.82) is 0 Å². The maximum absolute atomic E-state index is 5.33. The van der Waals surface area contributed by atoms with Crippen molar-refractivity contribution in [3.8, 4) is 11.3 Å². The normalized spacial score (nSPS) is 11.1. The molecule has 0 amide bonds. The van der Waals surface area contributed by atoms with Crippen LogP contribution in [-0.2, 0) is 6.54 Å². The van der Waals surface area contributed by atoms with Crippen molar-refractivity contribution in [2.24, 2.45) is 0 Å². The first-order valence-electron chi connectivity index (χ1n) is 4.95. The summed E-state index contributed by atoms with van der Waals surface area (Å²) >= 11 is 0. The minimum Gasteiger partial charge on any atom is -0.472 e. The summed E-state index contributed by atoms with van der Waals surface area (Å²) in [5, 5.41) is 3.30. The molecule has 0 unspecified atom stereocenters. The molecule has 0 saturated carbocycles. The summed E-state index contributed by atoms with van der Waals surface area (Å²) in [6.07, 6.45) is 4.73. The van der Waals surface area contributed by atoms with E-state index < -0.39 is 0 Å². The van der Waals surface area contributed by atoms with Gasteiger partial charge in [0, 0.05) is 12.6 Å². The molecule has 0 aromatic carbocycles. The van der Waals surface area contributed by atoms with Crippen LogP contribution in [0.5, 0.6) is 0 Å². The topological polar surface area (TPSA) is 51.2 Å². The fraction of sp³-hybridized carbons (Fsp3) is 0.364. The number of hydrogen-bond donors (Lipinski definition) is 1.